The predicted molar refractivity (Wildman–Crippen MR) is 123 cm³/mol. The van der Waals surface area contributed by atoms with E-state index in [1.807, 2.05) is 47.4 Å². The van der Waals surface area contributed by atoms with Crippen LogP contribution in [0.4, 0.5) is 0 Å². The minimum atomic E-state index is -0.707. The van der Waals surface area contributed by atoms with E-state index < -0.39 is 11.0 Å². The fourth-order valence-corrected chi connectivity index (χ4v) is 5.49. The normalized spacial score (nSPS) is 22.3. The highest BCUT2D eigenvalue weighted by Gasteiger charge is 2.57. The van der Waals surface area contributed by atoms with Crippen molar-refractivity contribution in [3.05, 3.63) is 95.1 Å². The summed E-state index contributed by atoms with van der Waals surface area (Å²) in [6.07, 6.45) is 2.31. The fraction of sp³-hybridized carbons (Fsp3) is 0.286. The molecule has 1 saturated heterocycles. The molecular formula is C28H25NO4. The topological polar surface area (TPSA) is 66.8 Å². The molecule has 0 bridgehead atoms. The van der Waals surface area contributed by atoms with Crippen LogP contribution < -0.4 is 0 Å². The highest BCUT2D eigenvalue weighted by atomic mass is 16.6. The van der Waals surface area contributed by atoms with Crippen LogP contribution in [-0.4, -0.2) is 35.0 Å². The Morgan fingerprint density at radius 3 is 2.48 bits per heavy atom. The van der Waals surface area contributed by atoms with Crippen molar-refractivity contribution in [1.82, 2.24) is 4.90 Å². The average molecular weight is 440 g/mol. The lowest BCUT2D eigenvalue weighted by Crippen LogP contribution is -2.40. The van der Waals surface area contributed by atoms with Crippen LogP contribution in [0.3, 0.4) is 0 Å². The van der Waals surface area contributed by atoms with Crippen molar-refractivity contribution in [3.8, 4) is 11.1 Å². The van der Waals surface area contributed by atoms with Crippen LogP contribution in [0.15, 0.2) is 72.8 Å². The van der Waals surface area contributed by atoms with Gasteiger partial charge in [-0.15, -0.1) is 0 Å². The standard InChI is InChI=1S/C28H25NO4/c30-17-19-4-3-5-21(16-19)20-8-10-22(11-9-20)27(12-13-27)26(32)29-15-14-28(18-29)24-7-2-1-6-23(24)25(31)33-28/h1-11,16,30H,12-15,17-18H2. The second-order valence-corrected chi connectivity index (χ2v) is 9.42. The maximum absolute atomic E-state index is 13.7. The molecule has 0 aromatic heterocycles. The number of amides is 1. The summed E-state index contributed by atoms with van der Waals surface area (Å²) in [6, 6.07) is 23.6. The molecule has 3 aromatic carbocycles. The zero-order chi connectivity index (χ0) is 22.6. The number of carbonyl (C=O) groups is 2. The molecule has 1 atom stereocenters. The van der Waals surface area contributed by atoms with Crippen molar-refractivity contribution in [1.29, 1.82) is 0 Å². The van der Waals surface area contributed by atoms with Crippen LogP contribution in [-0.2, 0) is 27.2 Å². The molecule has 1 saturated carbocycles. The maximum atomic E-state index is 13.7. The van der Waals surface area contributed by atoms with Crippen molar-refractivity contribution in [2.75, 3.05) is 13.1 Å². The maximum Gasteiger partial charge on any atom is 0.339 e. The van der Waals surface area contributed by atoms with E-state index in [4.69, 9.17) is 4.74 Å². The van der Waals surface area contributed by atoms with Gasteiger partial charge in [0, 0.05) is 18.5 Å². The first-order valence-electron chi connectivity index (χ1n) is 11.5. The number of hydrogen-bond donors (Lipinski definition) is 1. The first-order chi connectivity index (χ1) is 16.0. The van der Waals surface area contributed by atoms with Crippen molar-refractivity contribution in [2.24, 2.45) is 0 Å². The third kappa shape index (κ3) is 3.10. The van der Waals surface area contributed by atoms with Crippen molar-refractivity contribution >= 4 is 11.9 Å². The molecule has 1 spiro atoms. The van der Waals surface area contributed by atoms with Gasteiger partial charge < -0.3 is 14.7 Å². The van der Waals surface area contributed by atoms with Crippen molar-refractivity contribution < 1.29 is 19.4 Å². The zero-order valence-electron chi connectivity index (χ0n) is 18.3. The van der Waals surface area contributed by atoms with Crippen molar-refractivity contribution in [3.63, 3.8) is 0 Å². The Kier molecular flexibility index (Phi) is 4.46. The number of likely N-dealkylation sites (tertiary alicyclic amines) is 1. The summed E-state index contributed by atoms with van der Waals surface area (Å²) in [4.78, 5) is 27.9. The monoisotopic (exact) mass is 439 g/mol. The first kappa shape index (κ1) is 20.2. The van der Waals surface area contributed by atoms with E-state index in [0.717, 1.165) is 40.7 Å². The lowest BCUT2D eigenvalue weighted by Gasteiger charge is -2.27. The van der Waals surface area contributed by atoms with Crippen molar-refractivity contribution in [2.45, 2.75) is 36.9 Å². The van der Waals surface area contributed by atoms with E-state index in [9.17, 15) is 14.7 Å². The van der Waals surface area contributed by atoms with Gasteiger partial charge in [0.15, 0.2) is 5.60 Å². The zero-order valence-corrected chi connectivity index (χ0v) is 18.3. The number of fused-ring (bicyclic) bond motifs is 2. The van der Waals surface area contributed by atoms with E-state index in [1.54, 1.807) is 6.07 Å². The number of aliphatic hydroxyl groups excluding tert-OH is 1. The number of carbonyl (C=O) groups excluding carboxylic acids is 2. The Labute approximate surface area is 192 Å². The van der Waals surface area contributed by atoms with Gasteiger partial charge in [0.05, 0.1) is 24.1 Å². The van der Waals surface area contributed by atoms with E-state index >= 15 is 0 Å². The molecule has 1 N–H and O–H groups in total. The van der Waals surface area contributed by atoms with Gasteiger partial charge in [0.2, 0.25) is 5.91 Å². The summed E-state index contributed by atoms with van der Waals surface area (Å²) in [7, 11) is 0. The summed E-state index contributed by atoms with van der Waals surface area (Å²) in [5, 5.41) is 9.41. The number of hydrogen-bond acceptors (Lipinski definition) is 4. The second kappa shape index (κ2) is 7.29. The minimum Gasteiger partial charge on any atom is -0.449 e. The molecule has 166 valence electrons. The molecule has 33 heavy (non-hydrogen) atoms. The van der Waals surface area contributed by atoms with E-state index in [-0.39, 0.29) is 18.5 Å². The van der Waals surface area contributed by atoms with Crippen LogP contribution in [0, 0.1) is 0 Å². The summed E-state index contributed by atoms with van der Waals surface area (Å²) >= 11 is 0. The Morgan fingerprint density at radius 2 is 1.73 bits per heavy atom. The van der Waals surface area contributed by atoms with E-state index in [1.165, 1.54) is 0 Å². The predicted octanol–water partition coefficient (Wildman–Crippen LogP) is 4.18. The van der Waals surface area contributed by atoms with Gasteiger partial charge in [-0.2, -0.15) is 0 Å². The van der Waals surface area contributed by atoms with E-state index in [0.29, 0.717) is 25.1 Å². The molecule has 5 heteroatoms. The summed E-state index contributed by atoms with van der Waals surface area (Å²) in [5.41, 5.74) is 4.37. The van der Waals surface area contributed by atoms with Gasteiger partial charge >= 0.3 is 5.97 Å². The average Bonchev–Trinajstić information content (AvgIpc) is 3.50. The van der Waals surface area contributed by atoms with Crippen LogP contribution >= 0.6 is 0 Å². The van der Waals surface area contributed by atoms with Gasteiger partial charge in [-0.1, -0.05) is 60.7 Å². The highest BCUT2D eigenvalue weighted by Crippen LogP contribution is 2.52. The smallest absolute Gasteiger partial charge is 0.339 e. The molecule has 2 aliphatic heterocycles. The molecule has 2 heterocycles. The Morgan fingerprint density at radius 1 is 0.939 bits per heavy atom. The molecule has 3 aliphatic rings. The third-order valence-electron chi connectivity index (χ3n) is 7.48. The first-order valence-corrected chi connectivity index (χ1v) is 11.5. The van der Waals surface area contributed by atoms with Gasteiger partial charge in [0.1, 0.15) is 0 Å². The Balaban J connectivity index is 1.23. The molecule has 2 fully saturated rings. The van der Waals surface area contributed by atoms with E-state index in [2.05, 4.69) is 24.3 Å². The van der Waals surface area contributed by atoms with Gasteiger partial charge in [0.25, 0.3) is 0 Å². The molecule has 6 rings (SSSR count). The number of nitrogens with zero attached hydrogens (tertiary/aromatic N) is 1. The fourth-order valence-electron chi connectivity index (χ4n) is 5.49. The highest BCUT2D eigenvalue weighted by molar-refractivity contribution is 5.96. The van der Waals surface area contributed by atoms with Gasteiger partial charge in [-0.05, 0) is 47.2 Å². The summed E-state index contributed by atoms with van der Waals surface area (Å²) < 4.78 is 5.83. The third-order valence-corrected chi connectivity index (χ3v) is 7.48. The minimum absolute atomic E-state index is 0.0145. The molecule has 1 aliphatic carbocycles. The number of benzene rings is 3. The molecule has 1 unspecified atom stereocenters. The Hall–Kier alpha value is -3.44. The van der Waals surface area contributed by atoms with Crippen LogP contribution in [0.1, 0.15) is 46.3 Å². The Bertz CT molecular complexity index is 1260. The quantitative estimate of drug-likeness (QED) is 0.620. The molecule has 5 nitrogen and oxygen atoms in total. The number of ether oxygens (including phenoxy) is 1. The number of rotatable bonds is 4. The molecule has 3 aromatic rings. The molecular weight excluding hydrogens is 414 g/mol. The molecule has 0 radical (unpaired) electrons. The summed E-state index contributed by atoms with van der Waals surface area (Å²) in [6.45, 7) is 1.03. The lowest BCUT2D eigenvalue weighted by molar-refractivity contribution is -0.134. The second-order valence-electron chi connectivity index (χ2n) is 9.42. The number of aliphatic hydroxyl groups is 1. The van der Waals surface area contributed by atoms with Crippen LogP contribution in [0.25, 0.3) is 11.1 Å². The largest absolute Gasteiger partial charge is 0.449 e. The van der Waals surface area contributed by atoms with Gasteiger partial charge in [-0.25, -0.2) is 4.79 Å². The van der Waals surface area contributed by atoms with Crippen LogP contribution in [0.5, 0.6) is 0 Å². The number of esters is 1. The van der Waals surface area contributed by atoms with Gasteiger partial charge in [-0.3, -0.25) is 4.79 Å². The molecule has 1 amide bonds. The summed E-state index contributed by atoms with van der Waals surface area (Å²) in [5.74, 6) is -0.156. The SMILES string of the molecule is O=C1OC2(CCN(C(=O)C3(c4ccc(-c5cccc(CO)c5)cc4)CC3)C2)c2ccccc21. The lowest BCUT2D eigenvalue weighted by atomic mass is 9.91. The van der Waals surface area contributed by atoms with Crippen LogP contribution in [0.2, 0.25) is 0 Å².